The minimum atomic E-state index is -0.0934. The lowest BCUT2D eigenvalue weighted by atomic mass is 9.96. The van der Waals surface area contributed by atoms with Crippen LogP contribution in [0, 0.1) is 6.92 Å². The second-order valence-electron chi connectivity index (χ2n) is 5.56. The number of aromatic nitrogens is 4. The molecule has 2 rings (SSSR count). The van der Waals surface area contributed by atoms with Crippen molar-refractivity contribution in [3.05, 3.63) is 28.2 Å². The summed E-state index contributed by atoms with van der Waals surface area (Å²) >= 11 is 3.41. The zero-order chi connectivity index (χ0) is 14.8. The second-order valence-corrected chi connectivity index (χ2v) is 6.37. The molecule has 0 atom stereocenters. The zero-order valence-corrected chi connectivity index (χ0v) is 13.7. The number of hydrogen-bond acceptors (Lipinski definition) is 6. The van der Waals surface area contributed by atoms with Crippen LogP contribution in [-0.2, 0) is 11.8 Å². The van der Waals surface area contributed by atoms with Crippen molar-refractivity contribution in [2.75, 3.05) is 11.9 Å². The molecule has 0 aliphatic heterocycles. The first-order valence-corrected chi connectivity index (χ1v) is 7.22. The van der Waals surface area contributed by atoms with Crippen molar-refractivity contribution in [1.82, 2.24) is 20.1 Å². The topological polar surface area (TPSA) is 76.7 Å². The van der Waals surface area contributed by atoms with Gasteiger partial charge in [-0.2, -0.15) is 4.98 Å². The molecule has 0 amide bonds. The van der Waals surface area contributed by atoms with Crippen LogP contribution in [0.4, 0.5) is 5.82 Å². The van der Waals surface area contributed by atoms with E-state index in [-0.39, 0.29) is 5.41 Å². The molecule has 0 spiro atoms. The third-order valence-corrected chi connectivity index (χ3v) is 2.99. The van der Waals surface area contributed by atoms with Gasteiger partial charge in [-0.3, -0.25) is 0 Å². The molecule has 2 heterocycles. The minimum Gasteiger partial charge on any atom is -0.369 e. The summed E-state index contributed by atoms with van der Waals surface area (Å²) in [6.45, 7) is 8.73. The van der Waals surface area contributed by atoms with Gasteiger partial charge in [0.15, 0.2) is 5.82 Å². The Morgan fingerprint density at radius 2 is 2.00 bits per heavy atom. The Morgan fingerprint density at radius 1 is 1.25 bits per heavy atom. The molecule has 2 aromatic rings. The molecular formula is C13H18BrN5O. The number of hydrogen-bond donors (Lipinski definition) is 1. The summed E-state index contributed by atoms with van der Waals surface area (Å²) in [6, 6.07) is 1.86. The van der Waals surface area contributed by atoms with E-state index in [1.807, 2.05) is 6.07 Å². The fourth-order valence-corrected chi connectivity index (χ4v) is 1.97. The predicted molar refractivity (Wildman–Crippen MR) is 79.7 cm³/mol. The molecule has 0 radical (unpaired) electrons. The Kier molecular flexibility index (Phi) is 4.37. The van der Waals surface area contributed by atoms with Crippen LogP contribution in [0.1, 0.15) is 38.3 Å². The van der Waals surface area contributed by atoms with E-state index in [0.29, 0.717) is 24.7 Å². The van der Waals surface area contributed by atoms with Crippen molar-refractivity contribution in [3.63, 3.8) is 0 Å². The molecule has 0 saturated carbocycles. The first-order valence-electron chi connectivity index (χ1n) is 6.43. The van der Waals surface area contributed by atoms with Crippen molar-refractivity contribution in [2.24, 2.45) is 0 Å². The van der Waals surface area contributed by atoms with Crippen molar-refractivity contribution < 1.29 is 4.52 Å². The summed E-state index contributed by atoms with van der Waals surface area (Å²) in [6.07, 6.45) is 0.660. The molecule has 0 fully saturated rings. The fourth-order valence-electron chi connectivity index (χ4n) is 1.58. The van der Waals surface area contributed by atoms with Crippen LogP contribution in [0.5, 0.6) is 0 Å². The average molecular weight is 340 g/mol. The predicted octanol–water partition coefficient (Wildman–Crippen LogP) is 2.88. The van der Waals surface area contributed by atoms with E-state index in [1.54, 1.807) is 6.92 Å². The largest absolute Gasteiger partial charge is 0.369 e. The quantitative estimate of drug-likeness (QED) is 0.863. The summed E-state index contributed by atoms with van der Waals surface area (Å²) < 4.78 is 5.83. The highest BCUT2D eigenvalue weighted by molar-refractivity contribution is 9.10. The van der Waals surface area contributed by atoms with E-state index in [2.05, 4.69) is 62.1 Å². The van der Waals surface area contributed by atoms with Crippen LogP contribution in [-0.4, -0.2) is 26.7 Å². The van der Waals surface area contributed by atoms with Gasteiger partial charge in [-0.1, -0.05) is 25.9 Å². The van der Waals surface area contributed by atoms with Crippen molar-refractivity contribution in [3.8, 4) is 0 Å². The standard InChI is InChI=1S/C13H18BrN5O/c1-8-16-11(20-19-8)5-6-15-10-7-9(14)17-12(18-10)13(2,3)4/h7H,5-6H2,1-4H3,(H,15,17,18). The highest BCUT2D eigenvalue weighted by Gasteiger charge is 2.18. The smallest absolute Gasteiger partial charge is 0.228 e. The van der Waals surface area contributed by atoms with Crippen LogP contribution in [0.25, 0.3) is 0 Å². The molecule has 0 saturated heterocycles. The second kappa shape index (κ2) is 5.87. The van der Waals surface area contributed by atoms with E-state index >= 15 is 0 Å². The van der Waals surface area contributed by atoms with E-state index in [9.17, 15) is 0 Å². The Balaban J connectivity index is 2.00. The normalized spacial score (nSPS) is 11.7. The highest BCUT2D eigenvalue weighted by atomic mass is 79.9. The molecule has 0 bridgehead atoms. The molecule has 2 aromatic heterocycles. The third-order valence-electron chi connectivity index (χ3n) is 2.58. The summed E-state index contributed by atoms with van der Waals surface area (Å²) in [5.74, 6) is 2.86. The van der Waals surface area contributed by atoms with Crippen molar-refractivity contribution in [1.29, 1.82) is 0 Å². The van der Waals surface area contributed by atoms with Gasteiger partial charge in [-0.05, 0) is 22.9 Å². The summed E-state index contributed by atoms with van der Waals surface area (Å²) in [4.78, 5) is 13.1. The van der Waals surface area contributed by atoms with E-state index in [4.69, 9.17) is 4.52 Å². The molecule has 0 unspecified atom stereocenters. The van der Waals surface area contributed by atoms with Crippen molar-refractivity contribution >= 4 is 21.7 Å². The van der Waals surface area contributed by atoms with Gasteiger partial charge in [0, 0.05) is 24.4 Å². The number of nitrogens with one attached hydrogen (secondary N) is 1. The van der Waals surface area contributed by atoms with Crippen LogP contribution in [0.3, 0.4) is 0 Å². The van der Waals surface area contributed by atoms with Crippen molar-refractivity contribution in [2.45, 2.75) is 39.5 Å². The number of anilines is 1. The number of nitrogens with zero attached hydrogens (tertiary/aromatic N) is 4. The van der Waals surface area contributed by atoms with E-state index < -0.39 is 0 Å². The van der Waals surface area contributed by atoms with Gasteiger partial charge in [0.1, 0.15) is 16.2 Å². The summed E-state index contributed by atoms with van der Waals surface area (Å²) in [5.41, 5.74) is -0.0934. The van der Waals surface area contributed by atoms with Gasteiger partial charge < -0.3 is 9.84 Å². The van der Waals surface area contributed by atoms with E-state index in [1.165, 1.54) is 0 Å². The van der Waals surface area contributed by atoms with Crippen LogP contribution < -0.4 is 5.32 Å². The minimum absolute atomic E-state index is 0.0934. The van der Waals surface area contributed by atoms with Gasteiger partial charge in [0.25, 0.3) is 0 Å². The highest BCUT2D eigenvalue weighted by Crippen LogP contribution is 2.22. The Labute approximate surface area is 126 Å². The zero-order valence-electron chi connectivity index (χ0n) is 12.1. The van der Waals surface area contributed by atoms with E-state index in [0.717, 1.165) is 16.2 Å². The van der Waals surface area contributed by atoms with Crippen LogP contribution in [0.15, 0.2) is 15.2 Å². The number of halogens is 1. The molecule has 0 aliphatic carbocycles. The first kappa shape index (κ1) is 14.9. The lowest BCUT2D eigenvalue weighted by Gasteiger charge is -2.17. The average Bonchev–Trinajstić information content (AvgIpc) is 2.73. The van der Waals surface area contributed by atoms with Gasteiger partial charge in [-0.15, -0.1) is 0 Å². The maximum absolute atomic E-state index is 5.06. The molecule has 108 valence electrons. The molecule has 0 aromatic carbocycles. The van der Waals surface area contributed by atoms with Gasteiger partial charge >= 0.3 is 0 Å². The first-order chi connectivity index (χ1) is 9.34. The van der Waals surface area contributed by atoms with Crippen LogP contribution >= 0.6 is 15.9 Å². The molecule has 20 heavy (non-hydrogen) atoms. The Morgan fingerprint density at radius 3 is 2.60 bits per heavy atom. The maximum Gasteiger partial charge on any atom is 0.228 e. The summed E-state index contributed by atoms with van der Waals surface area (Å²) in [7, 11) is 0. The Bertz CT molecular complexity index is 591. The molecule has 7 heteroatoms. The van der Waals surface area contributed by atoms with Gasteiger partial charge in [0.2, 0.25) is 5.89 Å². The number of aryl methyl sites for hydroxylation is 1. The lowest BCUT2D eigenvalue weighted by Crippen LogP contribution is -2.18. The number of rotatable bonds is 4. The van der Waals surface area contributed by atoms with Crippen LogP contribution in [0.2, 0.25) is 0 Å². The SMILES string of the molecule is Cc1noc(CCNc2cc(Br)nc(C(C)(C)C)n2)n1. The molecule has 1 N–H and O–H groups in total. The molecular weight excluding hydrogens is 322 g/mol. The van der Waals surface area contributed by atoms with Gasteiger partial charge in [-0.25, -0.2) is 9.97 Å². The lowest BCUT2D eigenvalue weighted by molar-refractivity contribution is 0.377. The Hall–Kier alpha value is -1.50. The molecule has 0 aliphatic rings. The monoisotopic (exact) mass is 339 g/mol. The third kappa shape index (κ3) is 4.00. The summed E-state index contributed by atoms with van der Waals surface area (Å²) in [5, 5.41) is 7.00. The fraction of sp³-hybridized carbons (Fsp3) is 0.538. The molecule has 6 nitrogen and oxygen atoms in total. The maximum atomic E-state index is 5.06. The van der Waals surface area contributed by atoms with Gasteiger partial charge in [0.05, 0.1) is 0 Å².